The first kappa shape index (κ1) is 7.21. The summed E-state index contributed by atoms with van der Waals surface area (Å²) < 4.78 is 0. The number of anilines is 1. The predicted octanol–water partition coefficient (Wildman–Crippen LogP) is 2.48. The van der Waals surface area contributed by atoms with Gasteiger partial charge in [0, 0.05) is 11.1 Å². The van der Waals surface area contributed by atoms with Crippen LogP contribution in [0.1, 0.15) is 0 Å². The quantitative estimate of drug-likeness (QED) is 0.621. The number of rotatable bonds is 0. The summed E-state index contributed by atoms with van der Waals surface area (Å²) in [5.41, 5.74) is 1.25. The summed E-state index contributed by atoms with van der Waals surface area (Å²) in [5, 5.41) is 1.10. The molecule has 0 bridgehead atoms. The maximum absolute atomic E-state index is 4.42. The maximum Gasteiger partial charge on any atom is 0.173 e. The van der Waals surface area contributed by atoms with Gasteiger partial charge in [-0.3, -0.25) is 9.89 Å². The highest BCUT2D eigenvalue weighted by Crippen LogP contribution is 2.40. The molecule has 2 nitrogen and oxygen atoms in total. The zero-order chi connectivity index (χ0) is 8.67. The van der Waals surface area contributed by atoms with Crippen LogP contribution in [-0.2, 0) is 0 Å². The minimum Gasteiger partial charge on any atom is -0.296 e. The molecule has 0 atom stereocenters. The average Bonchev–Trinajstić information content (AvgIpc) is 2.56. The Morgan fingerprint density at radius 1 is 1.31 bits per heavy atom. The molecule has 1 aromatic rings. The zero-order valence-electron chi connectivity index (χ0n) is 6.97. The second-order valence-corrected chi connectivity index (χ2v) is 3.96. The summed E-state index contributed by atoms with van der Waals surface area (Å²) in [6.45, 7) is 0.812. The van der Waals surface area contributed by atoms with Crippen molar-refractivity contribution in [1.29, 1.82) is 0 Å². The van der Waals surface area contributed by atoms with E-state index in [9.17, 15) is 0 Å². The standard InChI is InChI=1S/C10H8N2S/c1-2-5-9-8(4-1)12-7-3-6-11-10(12)13-9/h1-5,7H,6H2. The first-order valence-electron chi connectivity index (χ1n) is 4.22. The van der Waals surface area contributed by atoms with Crippen LogP contribution < -0.4 is 4.90 Å². The van der Waals surface area contributed by atoms with Gasteiger partial charge < -0.3 is 0 Å². The fraction of sp³-hybridized carbons (Fsp3) is 0.100. The van der Waals surface area contributed by atoms with E-state index in [0.717, 1.165) is 11.7 Å². The molecule has 0 spiro atoms. The molecule has 2 aliphatic heterocycles. The van der Waals surface area contributed by atoms with E-state index in [1.165, 1.54) is 10.6 Å². The van der Waals surface area contributed by atoms with Crippen LogP contribution in [0.2, 0.25) is 0 Å². The normalized spacial score (nSPS) is 18.2. The van der Waals surface area contributed by atoms with E-state index in [0.29, 0.717) is 0 Å². The molecule has 64 valence electrons. The molecule has 0 radical (unpaired) electrons. The van der Waals surface area contributed by atoms with Crippen molar-refractivity contribution < 1.29 is 0 Å². The van der Waals surface area contributed by atoms with Gasteiger partial charge in [-0.15, -0.1) is 0 Å². The monoisotopic (exact) mass is 188 g/mol. The van der Waals surface area contributed by atoms with Crippen LogP contribution in [0.4, 0.5) is 5.69 Å². The summed E-state index contributed by atoms with van der Waals surface area (Å²) in [6.07, 6.45) is 4.17. The second-order valence-electron chi connectivity index (χ2n) is 2.95. The van der Waals surface area contributed by atoms with E-state index in [-0.39, 0.29) is 0 Å². The summed E-state index contributed by atoms with van der Waals surface area (Å²) in [4.78, 5) is 7.87. The number of hydrogen-bond donors (Lipinski definition) is 0. The van der Waals surface area contributed by atoms with Gasteiger partial charge in [0.15, 0.2) is 5.17 Å². The van der Waals surface area contributed by atoms with E-state index in [1.807, 2.05) is 0 Å². The van der Waals surface area contributed by atoms with E-state index in [1.54, 1.807) is 11.8 Å². The second kappa shape index (κ2) is 2.64. The number of amidine groups is 1. The maximum atomic E-state index is 4.42. The summed E-state index contributed by atoms with van der Waals surface area (Å²) in [6, 6.07) is 8.38. The van der Waals surface area contributed by atoms with Crippen molar-refractivity contribution in [3.63, 3.8) is 0 Å². The zero-order valence-corrected chi connectivity index (χ0v) is 7.79. The summed E-state index contributed by atoms with van der Waals surface area (Å²) in [5.74, 6) is 0. The van der Waals surface area contributed by atoms with Crippen LogP contribution in [-0.4, -0.2) is 11.7 Å². The molecule has 3 rings (SSSR count). The van der Waals surface area contributed by atoms with Gasteiger partial charge in [0.2, 0.25) is 0 Å². The summed E-state index contributed by atoms with van der Waals surface area (Å²) in [7, 11) is 0. The highest BCUT2D eigenvalue weighted by molar-refractivity contribution is 8.14. The number of thioether (sulfide) groups is 1. The molecule has 13 heavy (non-hydrogen) atoms. The number of fused-ring (bicyclic) bond motifs is 3. The molecule has 3 heteroatoms. The Bertz CT molecular complexity index is 409. The molecular formula is C10H8N2S. The number of benzene rings is 1. The van der Waals surface area contributed by atoms with Crippen molar-refractivity contribution in [2.45, 2.75) is 4.90 Å². The Labute approximate surface area is 81.0 Å². The third-order valence-electron chi connectivity index (χ3n) is 2.12. The molecule has 2 heterocycles. The average molecular weight is 188 g/mol. The van der Waals surface area contributed by atoms with Crippen molar-refractivity contribution in [2.24, 2.45) is 4.99 Å². The highest BCUT2D eigenvalue weighted by atomic mass is 32.2. The van der Waals surface area contributed by atoms with E-state index in [2.05, 4.69) is 46.4 Å². The molecule has 0 saturated carbocycles. The Balaban J connectivity index is 2.16. The minimum absolute atomic E-state index is 0.812. The first-order chi connectivity index (χ1) is 6.45. The lowest BCUT2D eigenvalue weighted by molar-refractivity contribution is 1.16. The van der Waals surface area contributed by atoms with Gasteiger partial charge in [0.25, 0.3) is 0 Å². The molecule has 2 aliphatic rings. The lowest BCUT2D eigenvalue weighted by Crippen LogP contribution is -2.20. The lowest BCUT2D eigenvalue weighted by Gasteiger charge is -2.16. The number of aliphatic imine (C=N–C) groups is 1. The third kappa shape index (κ3) is 1.00. The van der Waals surface area contributed by atoms with Gasteiger partial charge in [-0.1, -0.05) is 12.1 Å². The fourth-order valence-electron chi connectivity index (χ4n) is 1.53. The molecule has 0 amide bonds. The van der Waals surface area contributed by atoms with Crippen molar-refractivity contribution in [2.75, 3.05) is 11.4 Å². The Morgan fingerprint density at radius 2 is 2.23 bits per heavy atom. The van der Waals surface area contributed by atoms with E-state index in [4.69, 9.17) is 0 Å². The Morgan fingerprint density at radius 3 is 3.23 bits per heavy atom. The van der Waals surface area contributed by atoms with Crippen molar-refractivity contribution in [3.8, 4) is 0 Å². The predicted molar refractivity (Wildman–Crippen MR) is 56.2 cm³/mol. The molecule has 0 fully saturated rings. The van der Waals surface area contributed by atoms with Crippen LogP contribution in [0.5, 0.6) is 0 Å². The van der Waals surface area contributed by atoms with Gasteiger partial charge in [-0.25, -0.2) is 0 Å². The largest absolute Gasteiger partial charge is 0.296 e. The Kier molecular flexibility index (Phi) is 1.46. The number of hydrogen-bond acceptors (Lipinski definition) is 3. The van der Waals surface area contributed by atoms with Crippen molar-refractivity contribution in [3.05, 3.63) is 36.5 Å². The third-order valence-corrected chi connectivity index (χ3v) is 3.19. The highest BCUT2D eigenvalue weighted by Gasteiger charge is 2.25. The van der Waals surface area contributed by atoms with E-state index < -0.39 is 0 Å². The lowest BCUT2D eigenvalue weighted by atomic mass is 10.3. The van der Waals surface area contributed by atoms with Crippen LogP contribution in [0.25, 0.3) is 0 Å². The van der Waals surface area contributed by atoms with E-state index >= 15 is 0 Å². The van der Waals surface area contributed by atoms with Crippen LogP contribution in [0.15, 0.2) is 46.4 Å². The van der Waals surface area contributed by atoms with Gasteiger partial charge in [-0.05, 0) is 30.0 Å². The molecule has 1 aromatic carbocycles. The molecule has 0 unspecified atom stereocenters. The van der Waals surface area contributed by atoms with Crippen molar-refractivity contribution >= 4 is 22.6 Å². The minimum atomic E-state index is 0.812. The molecular weight excluding hydrogens is 180 g/mol. The fourth-order valence-corrected chi connectivity index (χ4v) is 2.54. The van der Waals surface area contributed by atoms with Crippen LogP contribution in [0, 0.1) is 0 Å². The number of nitrogens with zero attached hydrogens (tertiary/aromatic N) is 2. The molecule has 0 aliphatic carbocycles. The van der Waals surface area contributed by atoms with Gasteiger partial charge in [0.05, 0.1) is 12.2 Å². The summed E-state index contributed by atoms with van der Waals surface area (Å²) >= 11 is 1.74. The Hall–Kier alpha value is -1.22. The van der Waals surface area contributed by atoms with Crippen LogP contribution >= 0.6 is 11.8 Å². The van der Waals surface area contributed by atoms with Gasteiger partial charge in [0.1, 0.15) is 0 Å². The van der Waals surface area contributed by atoms with Gasteiger partial charge >= 0.3 is 0 Å². The van der Waals surface area contributed by atoms with Crippen LogP contribution in [0.3, 0.4) is 0 Å². The molecule has 0 N–H and O–H groups in total. The van der Waals surface area contributed by atoms with Crippen molar-refractivity contribution in [1.82, 2.24) is 0 Å². The number of para-hydroxylation sites is 1. The SMILES string of the molecule is C1=CN2C(=NC1)Sc1ccccc12. The smallest absolute Gasteiger partial charge is 0.173 e. The topological polar surface area (TPSA) is 15.6 Å². The first-order valence-corrected chi connectivity index (χ1v) is 5.04. The van der Waals surface area contributed by atoms with Gasteiger partial charge in [-0.2, -0.15) is 0 Å². The molecule has 0 aromatic heterocycles. The molecule has 0 saturated heterocycles.